The van der Waals surface area contributed by atoms with Gasteiger partial charge in [0.2, 0.25) is 0 Å². The molecule has 0 amide bonds. The Balaban J connectivity index is 0.972. The fourth-order valence-electron chi connectivity index (χ4n) is 9.91. The maximum Gasteiger partial charge on any atom is 0.137 e. The quantitative estimate of drug-likeness (QED) is 0.166. The number of thiophene rings is 2. The molecule has 1 atom stereocenters. The zero-order chi connectivity index (χ0) is 40.9. The predicted octanol–water partition coefficient (Wildman–Crippen LogP) is 15.5. The Bertz CT molecular complexity index is 3910. The van der Waals surface area contributed by atoms with Crippen LogP contribution in [0.4, 0.5) is 28.4 Å². The molecule has 1 aliphatic rings. The summed E-state index contributed by atoms with van der Waals surface area (Å²) in [6.07, 6.45) is 5.57. The van der Waals surface area contributed by atoms with E-state index in [1.165, 1.54) is 61.9 Å². The van der Waals surface area contributed by atoms with Crippen LogP contribution in [0, 0.1) is 0 Å². The van der Waals surface area contributed by atoms with Gasteiger partial charge in [-0.05, 0) is 126 Å². The van der Waals surface area contributed by atoms with Crippen molar-refractivity contribution in [2.75, 3.05) is 9.80 Å². The minimum Gasteiger partial charge on any atom is -0.456 e. The standard InChI is InChI=1S/C57H38N2OS2/c1-57(59(43-21-19-37-11-3-5-13-39(37)31-43)44-24-27-56-50(33-44)48-15-7-9-17-54(48)62-56)29-28-46-45-25-22-42(34-51(45)60-52(46)35-57)58(40-20-18-36-10-2-4-12-38(36)30-40)41-23-26-55-49(32-41)47-14-6-8-16-53(47)61-55/h2-28,30-35H,29H2,1H3. The monoisotopic (exact) mass is 830 g/mol. The van der Waals surface area contributed by atoms with Crippen molar-refractivity contribution in [3.05, 3.63) is 199 Å². The molecule has 0 saturated carbocycles. The van der Waals surface area contributed by atoms with Crippen molar-refractivity contribution >= 4 is 136 Å². The molecule has 13 rings (SSSR count). The van der Waals surface area contributed by atoms with E-state index < -0.39 is 5.54 Å². The molecule has 0 saturated heterocycles. The third kappa shape index (κ3) is 5.62. The van der Waals surface area contributed by atoms with E-state index in [9.17, 15) is 0 Å². The van der Waals surface area contributed by atoms with Gasteiger partial charge >= 0.3 is 0 Å². The maximum absolute atomic E-state index is 7.01. The van der Waals surface area contributed by atoms with Gasteiger partial charge in [-0.15, -0.1) is 22.7 Å². The maximum atomic E-state index is 7.01. The largest absolute Gasteiger partial charge is 0.456 e. The van der Waals surface area contributed by atoms with E-state index in [-0.39, 0.29) is 0 Å². The Morgan fingerprint density at radius 1 is 0.435 bits per heavy atom. The molecule has 5 heteroatoms. The first-order chi connectivity index (χ1) is 30.5. The molecule has 294 valence electrons. The van der Waals surface area contributed by atoms with Gasteiger partial charge in [0.05, 0.1) is 5.54 Å². The number of nitrogens with zero attached hydrogens (tertiary/aromatic N) is 2. The Hall–Kier alpha value is -7.18. The number of hydrogen-bond acceptors (Lipinski definition) is 5. The second-order valence-corrected chi connectivity index (χ2v) is 18.9. The number of rotatable bonds is 6. The number of fused-ring (bicyclic) bond motifs is 11. The predicted molar refractivity (Wildman–Crippen MR) is 268 cm³/mol. The van der Waals surface area contributed by atoms with Crippen LogP contribution in [0.1, 0.15) is 13.3 Å². The second-order valence-electron chi connectivity index (χ2n) is 16.8. The van der Waals surface area contributed by atoms with Crippen LogP contribution in [0.2, 0.25) is 0 Å². The third-order valence-corrected chi connectivity index (χ3v) is 15.2. The van der Waals surface area contributed by atoms with Crippen LogP contribution < -0.4 is 20.4 Å². The van der Waals surface area contributed by atoms with E-state index in [1.54, 1.807) is 0 Å². The van der Waals surface area contributed by atoms with Crippen LogP contribution in [0.5, 0.6) is 0 Å². The molecule has 0 spiro atoms. The highest BCUT2D eigenvalue weighted by molar-refractivity contribution is 7.26. The highest BCUT2D eigenvalue weighted by Gasteiger charge is 2.34. The molecular weight excluding hydrogens is 793 g/mol. The molecule has 0 radical (unpaired) electrons. The zero-order valence-corrected chi connectivity index (χ0v) is 35.5. The number of anilines is 5. The lowest BCUT2D eigenvalue weighted by molar-refractivity contribution is 0.545. The van der Waals surface area contributed by atoms with E-state index in [0.29, 0.717) is 0 Å². The van der Waals surface area contributed by atoms with E-state index in [4.69, 9.17) is 4.42 Å². The lowest BCUT2D eigenvalue weighted by Gasteiger charge is -2.41. The summed E-state index contributed by atoms with van der Waals surface area (Å²) >= 11 is 3.71. The summed E-state index contributed by atoms with van der Waals surface area (Å²) in [5.74, 6) is 0. The first-order valence-electron chi connectivity index (χ1n) is 21.2. The molecule has 0 fully saturated rings. The molecule has 1 unspecified atom stereocenters. The van der Waals surface area contributed by atoms with Crippen LogP contribution in [0.15, 0.2) is 192 Å². The van der Waals surface area contributed by atoms with E-state index >= 15 is 0 Å². The highest BCUT2D eigenvalue weighted by Crippen LogP contribution is 2.44. The van der Waals surface area contributed by atoms with E-state index in [2.05, 4.69) is 217 Å². The van der Waals surface area contributed by atoms with Gasteiger partial charge in [-0.1, -0.05) is 103 Å². The van der Waals surface area contributed by atoms with Crippen molar-refractivity contribution in [2.45, 2.75) is 18.9 Å². The average molecular weight is 831 g/mol. The van der Waals surface area contributed by atoms with Crippen molar-refractivity contribution in [2.24, 2.45) is 0 Å². The van der Waals surface area contributed by atoms with Gasteiger partial charge in [-0.25, -0.2) is 0 Å². The number of benzene rings is 9. The van der Waals surface area contributed by atoms with Gasteiger partial charge in [0, 0.05) is 85.5 Å². The van der Waals surface area contributed by atoms with Gasteiger partial charge in [-0.2, -0.15) is 0 Å². The molecule has 0 aliphatic heterocycles. The summed E-state index contributed by atoms with van der Waals surface area (Å²) in [7, 11) is 0. The molecule has 3 nitrogen and oxygen atoms in total. The second kappa shape index (κ2) is 13.7. The molecule has 12 aromatic rings. The van der Waals surface area contributed by atoms with Gasteiger partial charge in [0.15, 0.2) is 0 Å². The molecule has 0 N–H and O–H groups in total. The van der Waals surface area contributed by atoms with Crippen molar-refractivity contribution in [1.29, 1.82) is 0 Å². The minimum atomic E-state index is -0.429. The Kier molecular flexibility index (Phi) is 7.84. The first kappa shape index (κ1) is 35.6. The normalized spacial score (nSPS) is 15.1. The van der Waals surface area contributed by atoms with Crippen LogP contribution in [0.25, 0.3) is 85.0 Å². The van der Waals surface area contributed by atoms with Gasteiger partial charge in [0.25, 0.3) is 0 Å². The topological polar surface area (TPSA) is 19.6 Å². The molecule has 9 aromatic carbocycles. The average Bonchev–Trinajstić information content (AvgIpc) is 3.99. The smallest absolute Gasteiger partial charge is 0.137 e. The highest BCUT2D eigenvalue weighted by atomic mass is 32.1. The van der Waals surface area contributed by atoms with Crippen LogP contribution in [-0.2, 0) is 0 Å². The van der Waals surface area contributed by atoms with Crippen molar-refractivity contribution < 1.29 is 4.42 Å². The summed E-state index contributed by atoms with van der Waals surface area (Å²) in [6, 6.07) is 68.9. The summed E-state index contributed by atoms with van der Waals surface area (Å²) in [6.45, 7) is 2.35. The van der Waals surface area contributed by atoms with E-state index in [1.807, 2.05) is 22.7 Å². The van der Waals surface area contributed by atoms with Crippen LogP contribution in [0.3, 0.4) is 0 Å². The van der Waals surface area contributed by atoms with Crippen LogP contribution in [-0.4, -0.2) is 5.54 Å². The number of hydrogen-bond donors (Lipinski definition) is 0. The summed E-state index contributed by atoms with van der Waals surface area (Å²) in [5, 5.41) is 12.3. The van der Waals surface area contributed by atoms with Crippen molar-refractivity contribution in [3.63, 3.8) is 0 Å². The molecule has 1 aliphatic carbocycles. The zero-order valence-electron chi connectivity index (χ0n) is 33.9. The minimum absolute atomic E-state index is 0.429. The first-order valence-corrected chi connectivity index (χ1v) is 22.8. The summed E-state index contributed by atoms with van der Waals surface area (Å²) < 4.78 is 12.2. The Morgan fingerprint density at radius 2 is 0.919 bits per heavy atom. The third-order valence-electron chi connectivity index (χ3n) is 12.9. The van der Waals surface area contributed by atoms with E-state index in [0.717, 1.165) is 56.5 Å². The number of furan rings is 1. The fraction of sp³-hybridized carbons (Fsp3) is 0.0526. The summed E-state index contributed by atoms with van der Waals surface area (Å²) in [4.78, 5) is 4.90. The van der Waals surface area contributed by atoms with Gasteiger partial charge in [0.1, 0.15) is 11.0 Å². The molecular formula is C57H38N2OS2. The van der Waals surface area contributed by atoms with Crippen LogP contribution >= 0.6 is 22.7 Å². The van der Waals surface area contributed by atoms with Crippen molar-refractivity contribution in [1.82, 2.24) is 0 Å². The van der Waals surface area contributed by atoms with Gasteiger partial charge in [-0.3, -0.25) is 0 Å². The molecule has 0 bridgehead atoms. The van der Waals surface area contributed by atoms with Gasteiger partial charge < -0.3 is 14.2 Å². The lowest BCUT2D eigenvalue weighted by Crippen LogP contribution is -2.46. The molecule has 62 heavy (non-hydrogen) atoms. The summed E-state index contributed by atoms with van der Waals surface area (Å²) in [5.41, 5.74) is 6.92. The SMILES string of the molecule is CC1(N(c2ccc3ccccc3c2)c2ccc3sc4ccccc4c3c2)C=c2oc3cc(N(c4ccc5ccccc5c4)c4ccc5sc6ccccc6c5c4)ccc3c2=CC1. The Labute approximate surface area is 365 Å². The lowest BCUT2D eigenvalue weighted by atomic mass is 9.89. The fourth-order valence-corrected chi connectivity index (χ4v) is 12.1. The Morgan fingerprint density at radius 3 is 1.61 bits per heavy atom. The molecule has 3 aromatic heterocycles. The van der Waals surface area contributed by atoms with Crippen molar-refractivity contribution in [3.8, 4) is 0 Å². The molecule has 3 heterocycles.